The van der Waals surface area contributed by atoms with Crippen LogP contribution in [-0.4, -0.2) is 11.1 Å². The van der Waals surface area contributed by atoms with E-state index in [4.69, 9.17) is 33.0 Å². The average molecular weight is 309 g/mol. The SMILES string of the molecule is O=C(O)/C=C/c1cccc(Cl)c1Oc1cccc(Cl)c1. The van der Waals surface area contributed by atoms with Gasteiger partial charge in [0.2, 0.25) is 0 Å². The molecule has 0 amide bonds. The number of carboxylic acids is 1. The molecule has 0 heterocycles. The Hall–Kier alpha value is -1.97. The minimum Gasteiger partial charge on any atom is -0.478 e. The first-order valence-electron chi connectivity index (χ1n) is 5.69. The Labute approximate surface area is 126 Å². The molecule has 20 heavy (non-hydrogen) atoms. The summed E-state index contributed by atoms with van der Waals surface area (Å²) < 4.78 is 5.69. The van der Waals surface area contributed by atoms with E-state index in [0.29, 0.717) is 27.1 Å². The number of hydrogen-bond acceptors (Lipinski definition) is 2. The van der Waals surface area contributed by atoms with E-state index in [0.717, 1.165) is 6.08 Å². The molecule has 102 valence electrons. The number of rotatable bonds is 4. The van der Waals surface area contributed by atoms with Crippen LogP contribution in [0.1, 0.15) is 5.56 Å². The summed E-state index contributed by atoms with van der Waals surface area (Å²) in [5.74, 6) is -0.136. The van der Waals surface area contributed by atoms with Gasteiger partial charge in [0.05, 0.1) is 5.02 Å². The summed E-state index contributed by atoms with van der Waals surface area (Å²) in [7, 11) is 0. The standard InChI is InChI=1S/C15H10Cl2O3/c16-11-4-2-5-12(9-11)20-15-10(7-8-14(18)19)3-1-6-13(15)17/h1-9H,(H,18,19)/b8-7+. The highest BCUT2D eigenvalue weighted by Gasteiger charge is 2.08. The first-order valence-corrected chi connectivity index (χ1v) is 6.45. The molecule has 0 aliphatic heterocycles. The molecular formula is C15H10Cl2O3. The Bertz CT molecular complexity index is 666. The van der Waals surface area contributed by atoms with Crippen molar-refractivity contribution in [3.63, 3.8) is 0 Å². The zero-order valence-electron chi connectivity index (χ0n) is 10.2. The monoisotopic (exact) mass is 308 g/mol. The molecule has 0 saturated carbocycles. The fourth-order valence-corrected chi connectivity index (χ4v) is 1.97. The topological polar surface area (TPSA) is 46.5 Å². The Morgan fingerprint density at radius 2 is 1.90 bits per heavy atom. The van der Waals surface area contributed by atoms with Gasteiger partial charge in [0.15, 0.2) is 5.75 Å². The number of hydrogen-bond donors (Lipinski definition) is 1. The van der Waals surface area contributed by atoms with E-state index in [1.807, 2.05) is 0 Å². The molecule has 2 aromatic rings. The third-order valence-electron chi connectivity index (χ3n) is 2.42. The van der Waals surface area contributed by atoms with Crippen molar-refractivity contribution in [1.29, 1.82) is 0 Å². The Balaban J connectivity index is 2.37. The molecule has 0 fully saturated rings. The molecule has 0 aromatic heterocycles. The molecule has 2 rings (SSSR count). The van der Waals surface area contributed by atoms with Crippen LogP contribution < -0.4 is 4.74 Å². The van der Waals surface area contributed by atoms with Crippen molar-refractivity contribution in [2.24, 2.45) is 0 Å². The van der Waals surface area contributed by atoms with E-state index < -0.39 is 5.97 Å². The fraction of sp³-hybridized carbons (Fsp3) is 0. The van der Waals surface area contributed by atoms with Crippen LogP contribution in [0.15, 0.2) is 48.5 Å². The maximum atomic E-state index is 10.6. The van der Waals surface area contributed by atoms with Gasteiger partial charge in [-0.05, 0) is 30.3 Å². The van der Waals surface area contributed by atoms with Gasteiger partial charge in [0, 0.05) is 16.7 Å². The normalized spacial score (nSPS) is 10.7. The van der Waals surface area contributed by atoms with Crippen LogP contribution in [0.3, 0.4) is 0 Å². The Morgan fingerprint density at radius 3 is 2.60 bits per heavy atom. The summed E-state index contributed by atoms with van der Waals surface area (Å²) in [5.41, 5.74) is 0.569. The second kappa shape index (κ2) is 6.46. The predicted octanol–water partition coefficient (Wildman–Crippen LogP) is 4.88. The molecule has 0 aliphatic rings. The molecule has 0 aliphatic carbocycles. The van der Waals surface area contributed by atoms with E-state index >= 15 is 0 Å². The molecular weight excluding hydrogens is 299 g/mol. The van der Waals surface area contributed by atoms with Crippen molar-refractivity contribution in [3.05, 3.63) is 64.1 Å². The fourth-order valence-electron chi connectivity index (χ4n) is 1.57. The van der Waals surface area contributed by atoms with E-state index in [1.54, 1.807) is 42.5 Å². The van der Waals surface area contributed by atoms with E-state index in [9.17, 15) is 4.79 Å². The molecule has 0 bridgehead atoms. The van der Waals surface area contributed by atoms with Gasteiger partial charge in [0.1, 0.15) is 5.75 Å². The average Bonchev–Trinajstić information content (AvgIpc) is 2.39. The molecule has 0 radical (unpaired) electrons. The highest BCUT2D eigenvalue weighted by molar-refractivity contribution is 6.32. The zero-order chi connectivity index (χ0) is 14.5. The van der Waals surface area contributed by atoms with Crippen molar-refractivity contribution >= 4 is 35.2 Å². The summed E-state index contributed by atoms with van der Waals surface area (Å²) in [6.07, 6.45) is 2.45. The molecule has 2 aromatic carbocycles. The first kappa shape index (κ1) is 14.4. The predicted molar refractivity (Wildman–Crippen MR) is 79.6 cm³/mol. The lowest BCUT2D eigenvalue weighted by Crippen LogP contribution is -1.90. The van der Waals surface area contributed by atoms with Crippen LogP contribution >= 0.6 is 23.2 Å². The number of halogens is 2. The zero-order valence-corrected chi connectivity index (χ0v) is 11.7. The van der Waals surface area contributed by atoms with Gasteiger partial charge in [0.25, 0.3) is 0 Å². The third-order valence-corrected chi connectivity index (χ3v) is 2.95. The van der Waals surface area contributed by atoms with Crippen molar-refractivity contribution in [1.82, 2.24) is 0 Å². The number of carboxylic acid groups (broad SMARTS) is 1. The molecule has 3 nitrogen and oxygen atoms in total. The molecule has 0 spiro atoms. The number of benzene rings is 2. The van der Waals surface area contributed by atoms with Gasteiger partial charge in [-0.15, -0.1) is 0 Å². The highest BCUT2D eigenvalue weighted by Crippen LogP contribution is 2.34. The highest BCUT2D eigenvalue weighted by atomic mass is 35.5. The third kappa shape index (κ3) is 3.76. The van der Waals surface area contributed by atoms with Crippen molar-refractivity contribution < 1.29 is 14.6 Å². The van der Waals surface area contributed by atoms with E-state index in [-0.39, 0.29) is 0 Å². The molecule has 5 heteroatoms. The van der Waals surface area contributed by atoms with Gasteiger partial charge < -0.3 is 9.84 Å². The summed E-state index contributed by atoms with van der Waals surface area (Å²) in [4.78, 5) is 10.6. The summed E-state index contributed by atoms with van der Waals surface area (Å²) >= 11 is 12.0. The van der Waals surface area contributed by atoms with Gasteiger partial charge in [-0.3, -0.25) is 0 Å². The Morgan fingerprint density at radius 1 is 1.15 bits per heavy atom. The number of aliphatic carboxylic acids is 1. The van der Waals surface area contributed by atoms with Crippen molar-refractivity contribution in [2.75, 3.05) is 0 Å². The van der Waals surface area contributed by atoms with Crippen LogP contribution in [-0.2, 0) is 4.79 Å². The maximum absolute atomic E-state index is 10.6. The van der Waals surface area contributed by atoms with Crippen molar-refractivity contribution in [3.8, 4) is 11.5 Å². The van der Waals surface area contributed by atoms with Crippen LogP contribution in [0.25, 0.3) is 6.08 Å². The quantitative estimate of drug-likeness (QED) is 0.818. The first-order chi connectivity index (χ1) is 9.56. The Kier molecular flexibility index (Phi) is 4.66. The van der Waals surface area contributed by atoms with Crippen LogP contribution in [0.2, 0.25) is 10.0 Å². The molecule has 0 unspecified atom stereocenters. The molecule has 0 atom stereocenters. The van der Waals surface area contributed by atoms with Crippen LogP contribution in [0.4, 0.5) is 0 Å². The van der Waals surface area contributed by atoms with Crippen LogP contribution in [0, 0.1) is 0 Å². The lowest BCUT2D eigenvalue weighted by molar-refractivity contribution is -0.131. The van der Waals surface area contributed by atoms with Gasteiger partial charge in [-0.25, -0.2) is 4.79 Å². The summed E-state index contributed by atoms with van der Waals surface area (Å²) in [6.45, 7) is 0. The maximum Gasteiger partial charge on any atom is 0.328 e. The lowest BCUT2D eigenvalue weighted by atomic mass is 10.2. The minimum absolute atomic E-state index is 0.383. The molecule has 0 saturated heterocycles. The van der Waals surface area contributed by atoms with Crippen molar-refractivity contribution in [2.45, 2.75) is 0 Å². The van der Waals surface area contributed by atoms with Crippen LogP contribution in [0.5, 0.6) is 11.5 Å². The van der Waals surface area contributed by atoms with E-state index in [1.165, 1.54) is 6.08 Å². The smallest absolute Gasteiger partial charge is 0.328 e. The number of carbonyl (C=O) groups is 1. The van der Waals surface area contributed by atoms with E-state index in [2.05, 4.69) is 0 Å². The summed E-state index contributed by atoms with van der Waals surface area (Å²) in [5, 5.41) is 9.61. The second-order valence-electron chi connectivity index (χ2n) is 3.89. The lowest BCUT2D eigenvalue weighted by Gasteiger charge is -2.10. The minimum atomic E-state index is -1.04. The largest absolute Gasteiger partial charge is 0.478 e. The second-order valence-corrected chi connectivity index (χ2v) is 4.73. The van der Waals surface area contributed by atoms with Gasteiger partial charge in [-0.1, -0.05) is 41.4 Å². The van der Waals surface area contributed by atoms with Gasteiger partial charge >= 0.3 is 5.97 Å². The molecule has 1 N–H and O–H groups in total. The number of para-hydroxylation sites is 1. The number of ether oxygens (including phenoxy) is 1. The van der Waals surface area contributed by atoms with Gasteiger partial charge in [-0.2, -0.15) is 0 Å². The summed E-state index contributed by atoms with van der Waals surface area (Å²) in [6, 6.07) is 12.0.